The van der Waals surface area contributed by atoms with Gasteiger partial charge in [-0.1, -0.05) is 30.3 Å². The minimum absolute atomic E-state index is 0.0426. The first-order valence-corrected chi connectivity index (χ1v) is 9.22. The average Bonchev–Trinajstić information content (AvgIpc) is 2.60. The molecule has 0 aromatic heterocycles. The van der Waals surface area contributed by atoms with Crippen LogP contribution in [0.1, 0.15) is 5.56 Å². The minimum Gasteiger partial charge on any atom is -0.726 e. The van der Waals surface area contributed by atoms with Crippen LogP contribution in [0.5, 0.6) is 0 Å². The maximum atomic E-state index is 11.3. The Morgan fingerprint density at radius 1 is 1.26 bits per heavy atom. The summed E-state index contributed by atoms with van der Waals surface area (Å²) in [6.07, 6.45) is -6.24. The zero-order valence-corrected chi connectivity index (χ0v) is 15.0. The summed E-state index contributed by atoms with van der Waals surface area (Å²) in [5.74, 6) is -1.71. The van der Waals surface area contributed by atoms with Crippen molar-refractivity contribution in [3.05, 3.63) is 35.9 Å². The number of ether oxygens (including phenoxy) is 2. The molecule has 1 aliphatic heterocycles. The number of aliphatic carboxylic acids is 1. The van der Waals surface area contributed by atoms with Crippen molar-refractivity contribution in [3.63, 3.8) is 0 Å². The van der Waals surface area contributed by atoms with Gasteiger partial charge in [0.05, 0.1) is 19.2 Å². The topological polar surface area (TPSA) is 176 Å². The van der Waals surface area contributed by atoms with E-state index in [1.54, 1.807) is 30.3 Å². The van der Waals surface area contributed by atoms with Crippen LogP contribution in [-0.4, -0.2) is 50.0 Å². The molecule has 0 saturated carbocycles. The van der Waals surface area contributed by atoms with Crippen LogP contribution in [0.4, 0.5) is 0 Å². The number of carbonyl (C=O) groups is 1. The van der Waals surface area contributed by atoms with Gasteiger partial charge in [-0.15, -0.1) is 4.33 Å². The van der Waals surface area contributed by atoms with Gasteiger partial charge in [0.25, 0.3) is 0 Å². The Hall–Kier alpha value is -1.33. The van der Waals surface area contributed by atoms with Crippen LogP contribution in [0.25, 0.3) is 0 Å². The third kappa shape index (κ3) is 6.96. The molecule has 0 bridgehead atoms. The van der Waals surface area contributed by atoms with Crippen LogP contribution < -0.4 is 10.4 Å². The lowest BCUT2D eigenvalue weighted by Gasteiger charge is -2.41. The van der Waals surface area contributed by atoms with Crippen LogP contribution in [0, 0.1) is 0 Å². The number of hydrogen-bond donors (Lipinski definition) is 0. The summed E-state index contributed by atoms with van der Waals surface area (Å²) in [5.41, 5.74) is 0.656. The molecule has 0 amide bonds. The van der Waals surface area contributed by atoms with Gasteiger partial charge in [-0.2, -0.15) is 0 Å². The maximum Gasteiger partial charge on any atom is 0.218 e. The smallest absolute Gasteiger partial charge is 0.218 e. The molecule has 27 heavy (non-hydrogen) atoms. The Morgan fingerprint density at radius 2 is 1.96 bits per heavy atom. The highest BCUT2D eigenvalue weighted by atomic mass is 32.3. The molecule has 12 nitrogen and oxygen atoms in total. The highest BCUT2D eigenvalue weighted by Gasteiger charge is 2.45. The van der Waals surface area contributed by atoms with E-state index in [2.05, 4.69) is 13.6 Å². The number of carbonyl (C=O) groups excluding carboxylic acids is 1. The first-order valence-electron chi connectivity index (χ1n) is 7.22. The third-order valence-electron chi connectivity index (χ3n) is 3.39. The molecule has 1 fully saturated rings. The van der Waals surface area contributed by atoms with E-state index in [4.69, 9.17) is 13.7 Å². The summed E-state index contributed by atoms with van der Waals surface area (Å²) < 4.78 is 56.6. The summed E-state index contributed by atoms with van der Waals surface area (Å²) in [6, 6.07) is 8.56. The Labute approximate surface area is 158 Å². The molecule has 1 aromatic carbocycles. The first kappa shape index (κ1) is 22.0. The van der Waals surface area contributed by atoms with E-state index < -0.39 is 47.4 Å². The van der Waals surface area contributed by atoms with Crippen molar-refractivity contribution in [1.29, 1.82) is 0 Å². The van der Waals surface area contributed by atoms with Crippen LogP contribution in [0.3, 0.4) is 0 Å². The van der Waals surface area contributed by atoms with E-state index >= 15 is 0 Å². The number of benzene rings is 1. The van der Waals surface area contributed by atoms with Gasteiger partial charge in [0.15, 0.2) is 12.3 Å². The monoisotopic (exact) mass is 425 g/mol. The fourth-order valence-corrected chi connectivity index (χ4v) is 3.18. The Bertz CT molecular complexity index is 697. The Morgan fingerprint density at radius 3 is 2.56 bits per heavy atom. The zero-order valence-electron chi connectivity index (χ0n) is 13.3. The molecule has 1 aliphatic rings. The predicted octanol–water partition coefficient (Wildman–Crippen LogP) is -2.26. The molecular formula is C13H13O12S2-3. The van der Waals surface area contributed by atoms with Gasteiger partial charge < -0.3 is 29.2 Å². The van der Waals surface area contributed by atoms with Gasteiger partial charge >= 0.3 is 0 Å². The van der Waals surface area contributed by atoms with Crippen molar-refractivity contribution in [2.24, 2.45) is 0 Å². The number of carboxylic acid groups (broad SMARTS) is 1. The van der Waals surface area contributed by atoms with E-state index in [-0.39, 0.29) is 18.9 Å². The molecular weight excluding hydrogens is 412 g/mol. The van der Waals surface area contributed by atoms with Crippen molar-refractivity contribution >= 4 is 28.7 Å². The largest absolute Gasteiger partial charge is 0.726 e. The van der Waals surface area contributed by atoms with Crippen molar-refractivity contribution < 1.29 is 55.3 Å². The van der Waals surface area contributed by atoms with Crippen molar-refractivity contribution in [3.8, 4) is 0 Å². The van der Waals surface area contributed by atoms with E-state index in [0.29, 0.717) is 5.56 Å². The normalized spacial score (nSPS) is 26.0. The summed E-state index contributed by atoms with van der Waals surface area (Å²) in [4.78, 5) is 11.3. The molecule has 1 aromatic rings. The molecule has 0 spiro atoms. The lowest BCUT2D eigenvalue weighted by Crippen LogP contribution is -2.60. The van der Waals surface area contributed by atoms with Gasteiger partial charge in [0.2, 0.25) is 10.4 Å². The van der Waals surface area contributed by atoms with E-state index in [0.717, 1.165) is 0 Å². The van der Waals surface area contributed by atoms with Gasteiger partial charge in [-0.3, -0.25) is 13.4 Å². The average molecular weight is 425 g/mol. The summed E-state index contributed by atoms with van der Waals surface area (Å²) in [5, 5.41) is 24.2. The molecule has 14 heteroatoms. The molecule has 0 radical (unpaired) electrons. The Kier molecular flexibility index (Phi) is 8.36. The number of carboxylic acids is 1. The van der Waals surface area contributed by atoms with E-state index in [9.17, 15) is 28.1 Å². The molecule has 1 saturated heterocycles. The lowest BCUT2D eigenvalue weighted by atomic mass is 10.00. The highest BCUT2D eigenvalue weighted by Crippen LogP contribution is 2.28. The molecule has 152 valence electrons. The highest BCUT2D eigenvalue weighted by molar-refractivity contribution is 7.89. The van der Waals surface area contributed by atoms with Crippen molar-refractivity contribution in [2.75, 3.05) is 6.61 Å². The van der Waals surface area contributed by atoms with Crippen molar-refractivity contribution in [1.82, 2.24) is 0 Å². The summed E-state index contributed by atoms with van der Waals surface area (Å²) in [6.45, 7) is -0.712. The van der Waals surface area contributed by atoms with Crippen LogP contribution in [0.15, 0.2) is 30.3 Å². The van der Waals surface area contributed by atoms with Crippen LogP contribution in [0.2, 0.25) is 0 Å². The second-order valence-electron chi connectivity index (χ2n) is 5.14. The maximum absolute atomic E-state index is 11.3. The van der Waals surface area contributed by atoms with Crippen molar-refractivity contribution in [2.45, 2.75) is 31.0 Å². The second-order valence-corrected chi connectivity index (χ2v) is 6.62. The fraction of sp³-hybridized carbons (Fsp3) is 0.462. The number of hydrogen-bond acceptors (Lipinski definition) is 13. The number of rotatable bonds is 10. The first-order chi connectivity index (χ1) is 12.8. The van der Waals surface area contributed by atoms with Gasteiger partial charge in [0.1, 0.15) is 24.4 Å². The molecule has 0 N–H and O–H groups in total. The fourth-order valence-electron chi connectivity index (χ4n) is 2.35. The predicted molar refractivity (Wildman–Crippen MR) is 79.0 cm³/mol. The summed E-state index contributed by atoms with van der Waals surface area (Å²) >= 11 is -0.0426. The SMILES string of the molecule is O=C([O-])C1OCC(OS(=O)(=O)[O-])[C@H](OCc2ccccc2)[C@H]1OSOO[O-]. The lowest BCUT2D eigenvalue weighted by molar-refractivity contribution is -0.777. The molecule has 4 atom stereocenters. The van der Waals surface area contributed by atoms with Gasteiger partial charge in [0, 0.05) is 0 Å². The van der Waals surface area contributed by atoms with Gasteiger partial charge in [-0.05, 0) is 5.56 Å². The molecule has 2 rings (SSSR count). The summed E-state index contributed by atoms with van der Waals surface area (Å²) in [7, 11) is -5.17. The molecule has 0 aliphatic carbocycles. The standard InChI is InChI=1S/C13H16O12S2/c14-13(15)12-11(22-26-25-24-16)10(9(7-21-12)23-27(17,18)19)20-6-8-4-2-1-3-5-8/h1-5,9-12,16H,6-7H2,(H,14,15)(H,17,18,19)/p-3/t9?,10-,11+,12?/m0/s1. The van der Waals surface area contributed by atoms with Crippen LogP contribution >= 0.6 is 12.3 Å². The molecule has 2 unspecified atom stereocenters. The van der Waals surface area contributed by atoms with Gasteiger partial charge in [-0.25, -0.2) is 8.42 Å². The second kappa shape index (κ2) is 10.3. The van der Waals surface area contributed by atoms with E-state index in [1.807, 2.05) is 0 Å². The van der Waals surface area contributed by atoms with E-state index in [1.165, 1.54) is 0 Å². The zero-order chi connectivity index (χ0) is 19.9. The third-order valence-corrected chi connectivity index (χ3v) is 4.29. The quantitative estimate of drug-likeness (QED) is 0.0980. The Balaban J connectivity index is 2.21. The van der Waals surface area contributed by atoms with Crippen LogP contribution in [-0.2, 0) is 49.0 Å². The molecule has 1 heterocycles. The minimum atomic E-state index is -5.17.